The average Bonchev–Trinajstić information content (AvgIpc) is 2.43. The van der Waals surface area contributed by atoms with E-state index in [4.69, 9.17) is 16.3 Å². The van der Waals surface area contributed by atoms with E-state index in [9.17, 15) is 4.79 Å². The van der Waals surface area contributed by atoms with Crippen LogP contribution in [0.5, 0.6) is 0 Å². The summed E-state index contributed by atoms with van der Waals surface area (Å²) in [6.45, 7) is 3.91. The molecule has 0 bridgehead atoms. The minimum absolute atomic E-state index is 0.122. The van der Waals surface area contributed by atoms with E-state index < -0.39 is 0 Å². The molecule has 1 atom stereocenters. The molecule has 0 saturated heterocycles. The highest BCUT2D eigenvalue weighted by Crippen LogP contribution is 2.17. The lowest BCUT2D eigenvalue weighted by Gasteiger charge is -2.19. The third-order valence-electron chi connectivity index (χ3n) is 3.11. The number of halogens is 1. The minimum Gasteiger partial charge on any atom is -0.383 e. The summed E-state index contributed by atoms with van der Waals surface area (Å²) in [7, 11) is 5.55. The minimum atomic E-state index is -0.267. The summed E-state index contributed by atoms with van der Waals surface area (Å²) in [5.41, 5.74) is 0.300. The number of likely N-dealkylation sites (N-methyl/N-ethyl adjacent to an activating group) is 1. The number of anilines is 1. The van der Waals surface area contributed by atoms with Crippen molar-refractivity contribution in [3.63, 3.8) is 0 Å². The largest absolute Gasteiger partial charge is 0.383 e. The third-order valence-corrected chi connectivity index (χ3v) is 3.47. The summed E-state index contributed by atoms with van der Waals surface area (Å²) in [6.07, 6.45) is 3.57. The molecular weight excluding hydrogens is 292 g/mol. The average molecular weight is 317 g/mol. The number of ether oxygens (including phenoxy) is 1. The van der Waals surface area contributed by atoms with Gasteiger partial charge in [-0.2, -0.15) is 5.10 Å². The molecule has 0 aliphatic carbocycles. The highest BCUT2D eigenvalue weighted by molar-refractivity contribution is 6.32. The molecule has 7 heteroatoms. The monoisotopic (exact) mass is 316 g/mol. The predicted molar refractivity (Wildman–Crippen MR) is 86.3 cm³/mol. The maximum Gasteiger partial charge on any atom is 0.287 e. The summed E-state index contributed by atoms with van der Waals surface area (Å²) < 4.78 is 6.56. The molecule has 0 aliphatic heterocycles. The van der Waals surface area contributed by atoms with Gasteiger partial charge in [0.05, 0.1) is 25.0 Å². The van der Waals surface area contributed by atoms with Gasteiger partial charge in [-0.15, -0.1) is 0 Å². The van der Waals surface area contributed by atoms with Crippen LogP contribution in [-0.2, 0) is 11.3 Å². The summed E-state index contributed by atoms with van der Waals surface area (Å²) in [6, 6.07) is 0.122. The molecule has 0 fully saturated rings. The molecule has 1 heterocycles. The lowest BCUT2D eigenvalue weighted by atomic mass is 10.2. The van der Waals surface area contributed by atoms with Crippen molar-refractivity contribution in [3.05, 3.63) is 21.6 Å². The molecule has 21 heavy (non-hydrogen) atoms. The number of hydrogen-bond donors (Lipinski definition) is 1. The van der Waals surface area contributed by atoms with E-state index >= 15 is 0 Å². The Hall–Kier alpha value is -1.11. The summed E-state index contributed by atoms with van der Waals surface area (Å²) in [5, 5.41) is 7.59. The second-order valence-electron chi connectivity index (χ2n) is 5.29. The first-order valence-corrected chi connectivity index (χ1v) is 7.53. The zero-order chi connectivity index (χ0) is 15.8. The molecule has 0 aliphatic rings. The van der Waals surface area contributed by atoms with E-state index in [1.165, 1.54) is 4.68 Å². The normalized spacial score (nSPS) is 12.7. The van der Waals surface area contributed by atoms with Crippen LogP contribution < -0.4 is 10.9 Å². The van der Waals surface area contributed by atoms with E-state index in [1.54, 1.807) is 13.3 Å². The highest BCUT2D eigenvalue weighted by Gasteiger charge is 2.13. The lowest BCUT2D eigenvalue weighted by molar-refractivity contribution is 0.182. The Kier molecular flexibility index (Phi) is 7.71. The van der Waals surface area contributed by atoms with E-state index in [1.807, 2.05) is 19.0 Å². The number of nitrogens with one attached hydrogen (secondary N) is 1. The van der Waals surface area contributed by atoms with E-state index in [-0.39, 0.29) is 16.6 Å². The molecule has 1 N–H and O–H groups in total. The summed E-state index contributed by atoms with van der Waals surface area (Å²) >= 11 is 6.17. The van der Waals surface area contributed by atoms with Crippen molar-refractivity contribution in [2.24, 2.45) is 0 Å². The van der Waals surface area contributed by atoms with Gasteiger partial charge >= 0.3 is 0 Å². The Labute approximate surface area is 131 Å². The SMILES string of the molecule is CCCC(COC)Nc1cnn(CCN(C)C)c(=O)c1Cl. The second kappa shape index (κ2) is 9.02. The second-order valence-corrected chi connectivity index (χ2v) is 5.67. The van der Waals surface area contributed by atoms with Crippen LogP contribution >= 0.6 is 11.6 Å². The van der Waals surface area contributed by atoms with Crippen LogP contribution in [0.25, 0.3) is 0 Å². The van der Waals surface area contributed by atoms with Crippen LogP contribution in [0.3, 0.4) is 0 Å². The van der Waals surface area contributed by atoms with Crippen molar-refractivity contribution < 1.29 is 4.74 Å². The number of hydrogen-bond acceptors (Lipinski definition) is 5. The van der Waals surface area contributed by atoms with Gasteiger partial charge < -0.3 is 15.0 Å². The fraction of sp³-hybridized carbons (Fsp3) is 0.714. The first-order valence-electron chi connectivity index (χ1n) is 7.15. The molecule has 0 spiro atoms. The van der Waals surface area contributed by atoms with Crippen LogP contribution in [0.15, 0.2) is 11.0 Å². The number of methoxy groups -OCH3 is 1. The van der Waals surface area contributed by atoms with Crippen LogP contribution in [0, 0.1) is 0 Å². The van der Waals surface area contributed by atoms with Crippen molar-refractivity contribution in [2.45, 2.75) is 32.4 Å². The van der Waals surface area contributed by atoms with E-state index in [0.29, 0.717) is 18.8 Å². The van der Waals surface area contributed by atoms with Gasteiger partial charge in [0.2, 0.25) is 0 Å². The topological polar surface area (TPSA) is 59.4 Å². The maximum absolute atomic E-state index is 12.2. The number of aromatic nitrogens is 2. The van der Waals surface area contributed by atoms with Crippen molar-refractivity contribution in [3.8, 4) is 0 Å². The smallest absolute Gasteiger partial charge is 0.287 e. The molecule has 1 aromatic rings. The Morgan fingerprint density at radius 2 is 2.24 bits per heavy atom. The lowest BCUT2D eigenvalue weighted by Crippen LogP contribution is -2.31. The number of nitrogens with zero attached hydrogens (tertiary/aromatic N) is 3. The molecule has 0 amide bonds. The molecule has 120 valence electrons. The Bertz CT molecular complexity index is 484. The first-order chi connectivity index (χ1) is 9.99. The van der Waals surface area contributed by atoms with E-state index in [2.05, 4.69) is 17.3 Å². The molecule has 0 aromatic carbocycles. The molecule has 0 saturated carbocycles. The van der Waals surface area contributed by atoms with Gasteiger partial charge in [0.25, 0.3) is 5.56 Å². The fourth-order valence-corrected chi connectivity index (χ4v) is 2.19. The van der Waals surface area contributed by atoms with Gasteiger partial charge in [0, 0.05) is 19.7 Å². The zero-order valence-electron chi connectivity index (χ0n) is 13.2. The van der Waals surface area contributed by atoms with Gasteiger partial charge in [0.15, 0.2) is 0 Å². The molecule has 1 aromatic heterocycles. The van der Waals surface area contributed by atoms with Crippen molar-refractivity contribution >= 4 is 17.3 Å². The van der Waals surface area contributed by atoms with E-state index in [0.717, 1.165) is 19.4 Å². The zero-order valence-corrected chi connectivity index (χ0v) is 14.0. The number of rotatable bonds is 9. The third kappa shape index (κ3) is 5.65. The van der Waals surface area contributed by atoms with Gasteiger partial charge in [-0.25, -0.2) is 4.68 Å². The van der Waals surface area contributed by atoms with Crippen LogP contribution in [0.4, 0.5) is 5.69 Å². The molecule has 1 unspecified atom stereocenters. The van der Waals surface area contributed by atoms with Gasteiger partial charge in [-0.1, -0.05) is 24.9 Å². The van der Waals surface area contributed by atoms with Crippen molar-refractivity contribution in [1.82, 2.24) is 14.7 Å². The van der Waals surface area contributed by atoms with Crippen LogP contribution in [0.2, 0.25) is 5.02 Å². The molecule has 6 nitrogen and oxygen atoms in total. The fourth-order valence-electron chi connectivity index (χ4n) is 1.99. The van der Waals surface area contributed by atoms with Crippen molar-refractivity contribution in [1.29, 1.82) is 0 Å². The van der Waals surface area contributed by atoms with Crippen LogP contribution in [0.1, 0.15) is 19.8 Å². The standard InChI is InChI=1S/C14H25ClN4O2/c1-5-6-11(10-21-4)17-12-9-16-19(8-7-18(2)3)14(20)13(12)15/h9,11,17H,5-8,10H2,1-4H3. The Morgan fingerprint density at radius 3 is 2.81 bits per heavy atom. The molecule has 1 rings (SSSR count). The maximum atomic E-state index is 12.2. The Morgan fingerprint density at radius 1 is 1.52 bits per heavy atom. The molecular formula is C14H25ClN4O2. The predicted octanol–water partition coefficient (Wildman–Crippen LogP) is 1.69. The Balaban J connectivity index is 2.85. The quantitative estimate of drug-likeness (QED) is 0.751. The summed E-state index contributed by atoms with van der Waals surface area (Å²) in [5.74, 6) is 0. The van der Waals surface area contributed by atoms with Gasteiger partial charge in [0.1, 0.15) is 5.02 Å². The van der Waals surface area contributed by atoms with Crippen LogP contribution in [-0.4, -0.2) is 55.1 Å². The van der Waals surface area contributed by atoms with Gasteiger partial charge in [-0.05, 0) is 20.5 Å². The molecule has 0 radical (unpaired) electrons. The summed E-state index contributed by atoms with van der Waals surface area (Å²) in [4.78, 5) is 14.2. The first kappa shape index (κ1) is 17.9. The van der Waals surface area contributed by atoms with Crippen molar-refractivity contribution in [2.75, 3.05) is 39.7 Å². The highest BCUT2D eigenvalue weighted by atomic mass is 35.5. The van der Waals surface area contributed by atoms with Gasteiger partial charge in [-0.3, -0.25) is 4.79 Å².